The van der Waals surface area contributed by atoms with Gasteiger partial charge in [-0.15, -0.1) is 0 Å². The zero-order chi connectivity index (χ0) is 43.1. The van der Waals surface area contributed by atoms with Gasteiger partial charge in [0.15, 0.2) is 0 Å². The standard InChI is InChI=1S/C53H99NO5/c1-3-5-7-9-11-13-15-17-19-21-23-24-25-26-27-29-31-33-35-37-39-41-43-45-47-51(57)53(59)54-49(48-55)52(58)50(56)46-44-42-40-38-36-34-32-30-28-22-20-18-16-14-12-10-8-6-4-2/h18,20,26-27,30,32,38,40,49-52,55-58H,3-17,19,21-25,28-29,31,33-37,39,41-48H2,1-2H3,(H,54,59)/b20-18+,27-26-,32-30+,40-38+. The Morgan fingerprint density at radius 2 is 0.712 bits per heavy atom. The van der Waals surface area contributed by atoms with Crippen LogP contribution in [0.4, 0.5) is 0 Å². The van der Waals surface area contributed by atoms with Gasteiger partial charge in [0.25, 0.3) is 0 Å². The molecule has 0 saturated heterocycles. The molecule has 0 radical (unpaired) electrons. The molecule has 0 heterocycles. The van der Waals surface area contributed by atoms with Gasteiger partial charge in [0.1, 0.15) is 12.2 Å². The fraction of sp³-hybridized carbons (Fsp3) is 0.830. The Kier molecular flexibility index (Phi) is 45.9. The van der Waals surface area contributed by atoms with E-state index in [1.54, 1.807) is 0 Å². The second-order valence-electron chi connectivity index (χ2n) is 17.5. The number of unbranched alkanes of at least 4 members (excludes halogenated alkanes) is 29. The Labute approximate surface area is 366 Å². The minimum Gasteiger partial charge on any atom is -0.394 e. The van der Waals surface area contributed by atoms with Crippen LogP contribution >= 0.6 is 0 Å². The van der Waals surface area contributed by atoms with Gasteiger partial charge in [-0.2, -0.15) is 0 Å². The molecule has 346 valence electrons. The van der Waals surface area contributed by atoms with Crippen molar-refractivity contribution in [3.8, 4) is 0 Å². The van der Waals surface area contributed by atoms with Crippen LogP contribution in [-0.4, -0.2) is 57.3 Å². The van der Waals surface area contributed by atoms with Gasteiger partial charge >= 0.3 is 0 Å². The van der Waals surface area contributed by atoms with E-state index in [9.17, 15) is 25.2 Å². The molecule has 0 spiro atoms. The molecule has 0 aromatic carbocycles. The van der Waals surface area contributed by atoms with E-state index < -0.39 is 36.9 Å². The monoisotopic (exact) mass is 830 g/mol. The van der Waals surface area contributed by atoms with Gasteiger partial charge in [-0.25, -0.2) is 0 Å². The fourth-order valence-electron chi connectivity index (χ4n) is 7.67. The van der Waals surface area contributed by atoms with E-state index in [1.165, 1.54) is 167 Å². The maximum absolute atomic E-state index is 12.6. The fourth-order valence-corrected chi connectivity index (χ4v) is 7.67. The zero-order valence-electron chi connectivity index (χ0n) is 39.0. The molecule has 0 bridgehead atoms. The summed E-state index contributed by atoms with van der Waals surface area (Å²) >= 11 is 0. The quantitative estimate of drug-likeness (QED) is 0.0310. The van der Waals surface area contributed by atoms with E-state index in [0.29, 0.717) is 19.3 Å². The molecule has 0 aliphatic carbocycles. The highest BCUT2D eigenvalue weighted by Crippen LogP contribution is 2.15. The second-order valence-corrected chi connectivity index (χ2v) is 17.5. The average molecular weight is 830 g/mol. The lowest BCUT2D eigenvalue weighted by atomic mass is 10.00. The number of aliphatic hydroxyl groups is 4. The van der Waals surface area contributed by atoms with Crippen molar-refractivity contribution in [3.05, 3.63) is 48.6 Å². The lowest BCUT2D eigenvalue weighted by Gasteiger charge is -2.27. The van der Waals surface area contributed by atoms with E-state index >= 15 is 0 Å². The van der Waals surface area contributed by atoms with Gasteiger partial charge in [-0.3, -0.25) is 4.79 Å². The highest BCUT2D eigenvalue weighted by Gasteiger charge is 2.28. The van der Waals surface area contributed by atoms with Crippen LogP contribution in [0.2, 0.25) is 0 Å². The van der Waals surface area contributed by atoms with E-state index in [1.807, 2.05) is 0 Å². The smallest absolute Gasteiger partial charge is 0.249 e. The van der Waals surface area contributed by atoms with Crippen LogP contribution in [0, 0.1) is 0 Å². The second kappa shape index (κ2) is 47.3. The van der Waals surface area contributed by atoms with Crippen molar-refractivity contribution in [1.29, 1.82) is 0 Å². The highest BCUT2D eigenvalue weighted by atomic mass is 16.3. The first kappa shape index (κ1) is 57.3. The number of carbonyl (C=O) groups is 1. The molecule has 1 amide bonds. The summed E-state index contributed by atoms with van der Waals surface area (Å²) in [5.41, 5.74) is 0. The molecule has 6 heteroatoms. The predicted octanol–water partition coefficient (Wildman–Crippen LogP) is 14.2. The minimum atomic E-state index is -1.30. The molecule has 59 heavy (non-hydrogen) atoms. The Morgan fingerprint density at radius 1 is 0.407 bits per heavy atom. The first-order valence-corrected chi connectivity index (χ1v) is 25.5. The van der Waals surface area contributed by atoms with Crippen LogP contribution in [0.15, 0.2) is 48.6 Å². The Hall–Kier alpha value is -1.73. The van der Waals surface area contributed by atoms with Gasteiger partial charge in [0.2, 0.25) is 5.91 Å². The Bertz CT molecular complexity index is 977. The van der Waals surface area contributed by atoms with Gasteiger partial charge in [-0.05, 0) is 89.9 Å². The number of rotatable bonds is 46. The summed E-state index contributed by atoms with van der Waals surface area (Å²) in [4.78, 5) is 12.6. The molecule has 0 aliphatic rings. The van der Waals surface area contributed by atoms with Crippen molar-refractivity contribution in [3.63, 3.8) is 0 Å². The molecule has 0 aromatic heterocycles. The number of nitrogens with one attached hydrogen (secondary N) is 1. The molecule has 4 unspecified atom stereocenters. The van der Waals surface area contributed by atoms with Crippen molar-refractivity contribution in [2.75, 3.05) is 6.61 Å². The van der Waals surface area contributed by atoms with Gasteiger partial charge in [0, 0.05) is 0 Å². The molecule has 0 fully saturated rings. The number of aliphatic hydroxyl groups excluding tert-OH is 4. The summed E-state index contributed by atoms with van der Waals surface area (Å²) in [5.74, 6) is -0.602. The third-order valence-electron chi connectivity index (χ3n) is 11.7. The third kappa shape index (κ3) is 41.4. The first-order chi connectivity index (χ1) is 29.0. The van der Waals surface area contributed by atoms with Crippen molar-refractivity contribution >= 4 is 5.91 Å². The van der Waals surface area contributed by atoms with Gasteiger partial charge < -0.3 is 25.7 Å². The summed E-state index contributed by atoms with van der Waals surface area (Å²) in [5, 5.41) is 43.8. The number of hydrogen-bond donors (Lipinski definition) is 5. The van der Waals surface area contributed by atoms with E-state index in [-0.39, 0.29) is 0 Å². The Morgan fingerprint density at radius 3 is 1.07 bits per heavy atom. The van der Waals surface area contributed by atoms with Crippen LogP contribution in [-0.2, 0) is 4.79 Å². The van der Waals surface area contributed by atoms with E-state index in [2.05, 4.69) is 67.8 Å². The van der Waals surface area contributed by atoms with Crippen LogP contribution in [0.5, 0.6) is 0 Å². The number of hydrogen-bond acceptors (Lipinski definition) is 5. The number of carbonyl (C=O) groups excluding carboxylic acids is 1. The summed E-state index contributed by atoms with van der Waals surface area (Å²) in [6.45, 7) is 4.04. The minimum absolute atomic E-state index is 0.354. The molecule has 0 saturated carbocycles. The summed E-state index contributed by atoms with van der Waals surface area (Å²) in [7, 11) is 0. The molecule has 5 N–H and O–H groups in total. The Balaban J connectivity index is 3.75. The van der Waals surface area contributed by atoms with Crippen LogP contribution in [0.1, 0.15) is 251 Å². The number of amides is 1. The van der Waals surface area contributed by atoms with Crippen LogP contribution in [0.25, 0.3) is 0 Å². The molecule has 4 atom stereocenters. The van der Waals surface area contributed by atoms with E-state index in [4.69, 9.17) is 0 Å². The van der Waals surface area contributed by atoms with Crippen molar-refractivity contribution < 1.29 is 25.2 Å². The first-order valence-electron chi connectivity index (χ1n) is 25.5. The predicted molar refractivity (Wildman–Crippen MR) is 256 cm³/mol. The van der Waals surface area contributed by atoms with Crippen molar-refractivity contribution in [2.24, 2.45) is 0 Å². The summed E-state index contributed by atoms with van der Waals surface area (Å²) < 4.78 is 0. The molecule has 0 rings (SSSR count). The van der Waals surface area contributed by atoms with Crippen LogP contribution < -0.4 is 5.32 Å². The average Bonchev–Trinajstić information content (AvgIpc) is 3.24. The summed E-state index contributed by atoms with van der Waals surface area (Å²) in [6.07, 6.45) is 58.7. The lowest BCUT2D eigenvalue weighted by Crippen LogP contribution is -2.53. The van der Waals surface area contributed by atoms with Gasteiger partial charge in [-0.1, -0.05) is 210 Å². The van der Waals surface area contributed by atoms with Crippen molar-refractivity contribution in [1.82, 2.24) is 5.32 Å². The van der Waals surface area contributed by atoms with Crippen LogP contribution in [0.3, 0.4) is 0 Å². The maximum Gasteiger partial charge on any atom is 0.249 e. The molecule has 6 nitrogen and oxygen atoms in total. The number of allylic oxidation sites excluding steroid dienone is 8. The topological polar surface area (TPSA) is 110 Å². The van der Waals surface area contributed by atoms with Crippen molar-refractivity contribution in [2.45, 2.75) is 276 Å². The lowest BCUT2D eigenvalue weighted by molar-refractivity contribution is -0.132. The molecule has 0 aliphatic heterocycles. The third-order valence-corrected chi connectivity index (χ3v) is 11.7. The normalized spacial score (nSPS) is 14.3. The van der Waals surface area contributed by atoms with Gasteiger partial charge in [0.05, 0.1) is 18.8 Å². The summed E-state index contributed by atoms with van der Waals surface area (Å²) in [6, 6.07) is -1.01. The zero-order valence-corrected chi connectivity index (χ0v) is 39.0. The maximum atomic E-state index is 12.6. The van der Waals surface area contributed by atoms with E-state index in [0.717, 1.165) is 51.4 Å². The molecular formula is C53H99NO5. The highest BCUT2D eigenvalue weighted by molar-refractivity contribution is 5.80. The molecule has 0 aromatic rings. The molecular weight excluding hydrogens is 731 g/mol. The SMILES string of the molecule is CCCCCCCC/C=C/CC/C=C/CC/C=C/CCCC(O)C(O)C(CO)NC(=O)C(O)CCCCCCCCCC/C=C\CCCCCCCCCCCCCC. The largest absolute Gasteiger partial charge is 0.394 e.